The number of allylic oxidation sites excluding steroid dienone is 16. The number of carbonyl (C=O) groups is 2. The third-order valence-corrected chi connectivity index (χ3v) is 4.23. The van der Waals surface area contributed by atoms with Gasteiger partial charge in [0, 0.05) is 39.3 Å². The van der Waals surface area contributed by atoms with Crippen molar-refractivity contribution >= 4 is 11.6 Å². The van der Waals surface area contributed by atoms with Gasteiger partial charge in [-0.05, 0) is 48.6 Å². The van der Waals surface area contributed by atoms with Gasteiger partial charge in [0.25, 0.3) is 0 Å². The molecular formula is C22H16CoN2O2. The number of nitrogens with one attached hydrogen (secondary N) is 2. The monoisotopic (exact) mass is 399 g/mol. The summed E-state index contributed by atoms with van der Waals surface area (Å²) in [6, 6.07) is 0. The molecule has 5 heteroatoms. The molecule has 4 nitrogen and oxygen atoms in total. The molecule has 135 valence electrons. The van der Waals surface area contributed by atoms with Crippen LogP contribution in [0, 0.1) is 0 Å². The van der Waals surface area contributed by atoms with Gasteiger partial charge in [0.1, 0.15) is 0 Å². The summed E-state index contributed by atoms with van der Waals surface area (Å²) >= 11 is 0. The van der Waals surface area contributed by atoms with E-state index in [-0.39, 0.29) is 28.3 Å². The second-order valence-corrected chi connectivity index (χ2v) is 5.95. The molecule has 2 aliphatic carbocycles. The Morgan fingerprint density at radius 3 is 1.33 bits per heavy atom. The first-order valence-electron chi connectivity index (χ1n) is 8.30. The van der Waals surface area contributed by atoms with Gasteiger partial charge in [-0.3, -0.25) is 9.59 Å². The first-order chi connectivity index (χ1) is 12.7. The summed E-state index contributed by atoms with van der Waals surface area (Å²) < 4.78 is 0. The normalized spacial score (nSPS) is 25.6. The van der Waals surface area contributed by atoms with Crippen molar-refractivity contribution in [3.8, 4) is 0 Å². The smallest absolute Gasteiger partial charge is 0.187 e. The van der Waals surface area contributed by atoms with Crippen LogP contribution in [0.1, 0.15) is 0 Å². The molecule has 0 spiro atoms. The summed E-state index contributed by atoms with van der Waals surface area (Å²) in [5.74, 6) is -0.0576. The van der Waals surface area contributed by atoms with Crippen LogP contribution in [0.4, 0.5) is 0 Å². The van der Waals surface area contributed by atoms with E-state index in [0.717, 1.165) is 22.8 Å². The van der Waals surface area contributed by atoms with Gasteiger partial charge in [0.2, 0.25) is 0 Å². The first kappa shape index (κ1) is 18.6. The fraction of sp³-hybridized carbons (Fsp3) is 0. The molecule has 27 heavy (non-hydrogen) atoms. The van der Waals surface area contributed by atoms with Crippen molar-refractivity contribution in [1.29, 1.82) is 0 Å². The Hall–Kier alpha value is -3.15. The molecule has 2 aliphatic heterocycles. The molecule has 0 bridgehead atoms. The van der Waals surface area contributed by atoms with Crippen molar-refractivity contribution < 1.29 is 26.4 Å². The Bertz CT molecular complexity index is 927. The van der Waals surface area contributed by atoms with Gasteiger partial charge in [-0.2, -0.15) is 0 Å². The SMILES string of the molecule is O=C1C=CC=CC1=C1C=CC=C(C2=CC=C/C(=C3\C=CC=CC3=O)N2)N1.[Co]. The molecule has 4 rings (SSSR count). The van der Waals surface area contributed by atoms with Crippen LogP contribution < -0.4 is 10.6 Å². The van der Waals surface area contributed by atoms with E-state index in [0.29, 0.717) is 11.1 Å². The minimum absolute atomic E-state index is 0. The topological polar surface area (TPSA) is 58.2 Å². The molecule has 2 N–H and O–H groups in total. The zero-order valence-corrected chi connectivity index (χ0v) is 15.3. The third-order valence-electron chi connectivity index (χ3n) is 4.23. The zero-order valence-electron chi connectivity index (χ0n) is 14.2. The Balaban J connectivity index is 0.00000210. The fourth-order valence-corrected chi connectivity index (χ4v) is 2.94. The number of rotatable bonds is 1. The van der Waals surface area contributed by atoms with Gasteiger partial charge in [0.15, 0.2) is 11.6 Å². The van der Waals surface area contributed by atoms with Crippen molar-refractivity contribution in [1.82, 2.24) is 10.6 Å². The van der Waals surface area contributed by atoms with E-state index in [1.165, 1.54) is 0 Å². The van der Waals surface area contributed by atoms with Crippen LogP contribution in [0.15, 0.2) is 119 Å². The summed E-state index contributed by atoms with van der Waals surface area (Å²) in [6.07, 6.45) is 25.2. The van der Waals surface area contributed by atoms with E-state index < -0.39 is 0 Å². The van der Waals surface area contributed by atoms with Crippen LogP contribution in [0.5, 0.6) is 0 Å². The van der Waals surface area contributed by atoms with E-state index in [1.54, 1.807) is 36.5 Å². The molecule has 1 radical (unpaired) electrons. The van der Waals surface area contributed by atoms with E-state index >= 15 is 0 Å². The third kappa shape index (κ3) is 3.84. The van der Waals surface area contributed by atoms with Gasteiger partial charge >= 0.3 is 0 Å². The maximum Gasteiger partial charge on any atom is 0.187 e. The van der Waals surface area contributed by atoms with Crippen molar-refractivity contribution in [2.45, 2.75) is 0 Å². The largest absolute Gasteiger partial charge is 0.353 e. The number of hydrogen-bond donors (Lipinski definition) is 2. The van der Waals surface area contributed by atoms with Crippen molar-refractivity contribution in [3.05, 3.63) is 119 Å². The predicted molar refractivity (Wildman–Crippen MR) is 101 cm³/mol. The van der Waals surface area contributed by atoms with Gasteiger partial charge < -0.3 is 10.6 Å². The molecule has 2 heterocycles. The summed E-state index contributed by atoms with van der Waals surface area (Å²) in [6.45, 7) is 0. The van der Waals surface area contributed by atoms with Gasteiger partial charge in [-0.1, -0.05) is 36.5 Å². The number of carbonyl (C=O) groups excluding carboxylic acids is 2. The van der Waals surface area contributed by atoms with Crippen molar-refractivity contribution in [3.63, 3.8) is 0 Å². The van der Waals surface area contributed by atoms with Crippen LogP contribution in [0.25, 0.3) is 0 Å². The molecule has 4 aliphatic rings. The molecule has 0 aromatic heterocycles. The maximum absolute atomic E-state index is 12.1. The molecule has 0 aromatic carbocycles. The maximum atomic E-state index is 12.1. The quantitative estimate of drug-likeness (QED) is 0.666. The van der Waals surface area contributed by atoms with E-state index in [9.17, 15) is 9.59 Å². The van der Waals surface area contributed by atoms with Crippen LogP contribution >= 0.6 is 0 Å². The molecule has 0 saturated heterocycles. The molecule has 0 aromatic rings. The molecule has 0 amide bonds. The number of ketones is 2. The molecule has 0 unspecified atom stereocenters. The van der Waals surface area contributed by atoms with E-state index in [4.69, 9.17) is 0 Å². The minimum Gasteiger partial charge on any atom is -0.353 e. The molecule has 0 atom stereocenters. The van der Waals surface area contributed by atoms with E-state index in [1.807, 2.05) is 48.6 Å². The average molecular weight is 399 g/mol. The zero-order chi connectivity index (χ0) is 17.9. The Morgan fingerprint density at radius 1 is 0.519 bits per heavy atom. The average Bonchev–Trinajstić information content (AvgIpc) is 2.69. The second kappa shape index (κ2) is 8.03. The summed E-state index contributed by atoms with van der Waals surface area (Å²) in [5.41, 5.74) is 4.39. The van der Waals surface area contributed by atoms with Crippen molar-refractivity contribution in [2.75, 3.05) is 0 Å². The fourth-order valence-electron chi connectivity index (χ4n) is 2.94. The Kier molecular flexibility index (Phi) is 5.54. The van der Waals surface area contributed by atoms with E-state index in [2.05, 4.69) is 10.6 Å². The first-order valence-corrected chi connectivity index (χ1v) is 8.30. The van der Waals surface area contributed by atoms with Gasteiger partial charge in [-0.15, -0.1) is 0 Å². The Morgan fingerprint density at radius 2 is 0.926 bits per heavy atom. The molecule has 0 saturated carbocycles. The number of hydrogen-bond acceptors (Lipinski definition) is 4. The van der Waals surface area contributed by atoms with Crippen LogP contribution in [-0.2, 0) is 26.4 Å². The van der Waals surface area contributed by atoms with Crippen LogP contribution in [0.3, 0.4) is 0 Å². The number of dihydropyridines is 2. The predicted octanol–water partition coefficient (Wildman–Crippen LogP) is 2.97. The molecule has 0 fully saturated rings. The summed E-state index contributed by atoms with van der Waals surface area (Å²) in [7, 11) is 0. The summed E-state index contributed by atoms with van der Waals surface area (Å²) in [5, 5.41) is 6.60. The Labute approximate surface area is 167 Å². The standard InChI is InChI=1S/C22H16N2O2.Co/c25-21-13-3-1-7-15(21)17-9-5-11-19(23-17)20-12-6-10-18(24-20)16-8-2-4-14-22(16)26;/h1-14,23-24H;/b17-15-,18-16?;. The van der Waals surface area contributed by atoms with Crippen LogP contribution in [0.2, 0.25) is 0 Å². The van der Waals surface area contributed by atoms with Crippen molar-refractivity contribution in [2.24, 2.45) is 0 Å². The van der Waals surface area contributed by atoms with Gasteiger partial charge in [-0.25, -0.2) is 0 Å². The second-order valence-electron chi connectivity index (χ2n) is 5.95. The summed E-state index contributed by atoms with van der Waals surface area (Å²) in [4.78, 5) is 24.2. The minimum atomic E-state index is -0.0288. The van der Waals surface area contributed by atoms with Crippen LogP contribution in [-0.4, -0.2) is 11.6 Å². The molecular weight excluding hydrogens is 383 g/mol. The van der Waals surface area contributed by atoms with Gasteiger partial charge in [0.05, 0.1) is 11.4 Å².